The van der Waals surface area contributed by atoms with E-state index in [1.807, 2.05) is 12.4 Å². The molecule has 1 aliphatic rings. The van der Waals surface area contributed by atoms with Gasteiger partial charge in [-0.25, -0.2) is 4.98 Å². The third kappa shape index (κ3) is 4.45. The Morgan fingerprint density at radius 3 is 2.78 bits per heavy atom. The molecule has 1 saturated carbocycles. The van der Waals surface area contributed by atoms with Gasteiger partial charge in [0, 0.05) is 31.9 Å². The summed E-state index contributed by atoms with van der Waals surface area (Å²) in [6.07, 6.45) is 10.4. The number of aryl methyl sites for hydroxylation is 2. The summed E-state index contributed by atoms with van der Waals surface area (Å²) in [4.78, 5) is 4.42. The maximum atomic E-state index is 4.42. The number of hydrogen-bond acceptors (Lipinski definition) is 2. The van der Waals surface area contributed by atoms with Gasteiger partial charge in [0.1, 0.15) is 5.82 Å². The number of hydrogen-bond donors (Lipinski definition) is 1. The molecular formula is C15H27N3. The Morgan fingerprint density at radius 1 is 1.44 bits per heavy atom. The molecule has 0 amide bonds. The molecule has 3 nitrogen and oxygen atoms in total. The van der Waals surface area contributed by atoms with Crippen molar-refractivity contribution in [3.05, 3.63) is 18.2 Å². The molecule has 0 radical (unpaired) electrons. The fraction of sp³-hybridized carbons (Fsp3) is 0.800. The van der Waals surface area contributed by atoms with E-state index in [1.165, 1.54) is 38.1 Å². The van der Waals surface area contributed by atoms with E-state index >= 15 is 0 Å². The van der Waals surface area contributed by atoms with Crippen LogP contribution in [-0.2, 0) is 13.5 Å². The van der Waals surface area contributed by atoms with E-state index in [9.17, 15) is 0 Å². The molecule has 0 spiro atoms. The predicted molar refractivity (Wildman–Crippen MR) is 75.5 cm³/mol. The first-order chi connectivity index (χ1) is 8.65. The monoisotopic (exact) mass is 249 g/mol. The molecule has 0 bridgehead atoms. The number of aromatic nitrogens is 2. The summed E-state index contributed by atoms with van der Waals surface area (Å²) >= 11 is 0. The van der Waals surface area contributed by atoms with E-state index in [0.29, 0.717) is 0 Å². The van der Waals surface area contributed by atoms with Crippen molar-refractivity contribution >= 4 is 0 Å². The van der Waals surface area contributed by atoms with Crippen LogP contribution in [0.3, 0.4) is 0 Å². The Labute approximate surface area is 111 Å². The molecule has 3 heteroatoms. The summed E-state index contributed by atoms with van der Waals surface area (Å²) < 4.78 is 2.14. The third-order valence-corrected chi connectivity index (χ3v) is 3.77. The average Bonchev–Trinajstić information content (AvgIpc) is 3.05. The van der Waals surface area contributed by atoms with E-state index in [2.05, 4.69) is 35.8 Å². The van der Waals surface area contributed by atoms with Gasteiger partial charge in [-0.1, -0.05) is 13.8 Å². The molecule has 2 rings (SSSR count). The number of nitrogens with one attached hydrogen (secondary N) is 1. The van der Waals surface area contributed by atoms with E-state index in [0.717, 1.165) is 24.3 Å². The van der Waals surface area contributed by atoms with Crippen molar-refractivity contribution in [2.24, 2.45) is 18.9 Å². The molecule has 0 aliphatic heterocycles. The predicted octanol–water partition coefficient (Wildman–Crippen LogP) is 2.77. The second-order valence-corrected chi connectivity index (χ2v) is 6.17. The quantitative estimate of drug-likeness (QED) is 0.768. The molecular weight excluding hydrogens is 222 g/mol. The molecule has 18 heavy (non-hydrogen) atoms. The van der Waals surface area contributed by atoms with Crippen molar-refractivity contribution < 1.29 is 0 Å². The lowest BCUT2D eigenvalue weighted by Gasteiger charge is -2.19. The van der Waals surface area contributed by atoms with Gasteiger partial charge >= 0.3 is 0 Å². The van der Waals surface area contributed by atoms with Gasteiger partial charge < -0.3 is 9.88 Å². The standard InChI is InChI=1S/C15H27N3/c1-12(2)10-13(11-17-14-5-6-14)4-7-15-16-8-9-18(15)3/h8-9,12-14,17H,4-7,10-11H2,1-3H3. The van der Waals surface area contributed by atoms with Crippen molar-refractivity contribution in [2.75, 3.05) is 6.54 Å². The summed E-state index contributed by atoms with van der Waals surface area (Å²) in [5, 5.41) is 3.68. The van der Waals surface area contributed by atoms with E-state index < -0.39 is 0 Å². The van der Waals surface area contributed by atoms with Crippen molar-refractivity contribution in [1.82, 2.24) is 14.9 Å². The van der Waals surface area contributed by atoms with Crippen LogP contribution in [0.25, 0.3) is 0 Å². The summed E-state index contributed by atoms with van der Waals surface area (Å²) in [5.74, 6) is 2.80. The first-order valence-corrected chi connectivity index (χ1v) is 7.34. The Bertz CT molecular complexity index is 352. The fourth-order valence-electron chi connectivity index (χ4n) is 2.56. The van der Waals surface area contributed by atoms with Gasteiger partial charge in [-0.3, -0.25) is 0 Å². The summed E-state index contributed by atoms with van der Waals surface area (Å²) in [6.45, 7) is 5.84. The first kappa shape index (κ1) is 13.6. The number of nitrogens with zero attached hydrogens (tertiary/aromatic N) is 2. The van der Waals surface area contributed by atoms with Crippen molar-refractivity contribution in [2.45, 2.75) is 52.0 Å². The van der Waals surface area contributed by atoms with Crippen LogP contribution in [0.5, 0.6) is 0 Å². The smallest absolute Gasteiger partial charge is 0.108 e. The molecule has 0 saturated heterocycles. The Balaban J connectivity index is 1.77. The molecule has 1 fully saturated rings. The van der Waals surface area contributed by atoms with Crippen LogP contribution in [0.1, 0.15) is 45.4 Å². The van der Waals surface area contributed by atoms with Crippen LogP contribution in [0.4, 0.5) is 0 Å². The zero-order valence-electron chi connectivity index (χ0n) is 12.0. The van der Waals surface area contributed by atoms with Crippen molar-refractivity contribution in [3.63, 3.8) is 0 Å². The van der Waals surface area contributed by atoms with Crippen LogP contribution < -0.4 is 5.32 Å². The van der Waals surface area contributed by atoms with Gasteiger partial charge in [0.15, 0.2) is 0 Å². The normalized spacial score (nSPS) is 17.3. The van der Waals surface area contributed by atoms with Gasteiger partial charge in [-0.05, 0) is 44.1 Å². The first-order valence-electron chi connectivity index (χ1n) is 7.34. The van der Waals surface area contributed by atoms with Crippen LogP contribution in [0.2, 0.25) is 0 Å². The zero-order valence-corrected chi connectivity index (χ0v) is 12.0. The number of rotatable bonds is 8. The van der Waals surface area contributed by atoms with Crippen LogP contribution in [0, 0.1) is 11.8 Å². The largest absolute Gasteiger partial charge is 0.338 e. The highest BCUT2D eigenvalue weighted by Crippen LogP contribution is 2.22. The van der Waals surface area contributed by atoms with Crippen LogP contribution in [-0.4, -0.2) is 22.1 Å². The van der Waals surface area contributed by atoms with Gasteiger partial charge in [-0.2, -0.15) is 0 Å². The lowest BCUT2D eigenvalue weighted by molar-refractivity contribution is 0.362. The molecule has 1 heterocycles. The molecule has 1 unspecified atom stereocenters. The lowest BCUT2D eigenvalue weighted by atomic mass is 9.92. The maximum Gasteiger partial charge on any atom is 0.108 e. The molecule has 0 aromatic carbocycles. The highest BCUT2D eigenvalue weighted by molar-refractivity contribution is 4.92. The second kappa shape index (κ2) is 6.37. The Hall–Kier alpha value is -0.830. The van der Waals surface area contributed by atoms with Crippen molar-refractivity contribution in [1.29, 1.82) is 0 Å². The SMILES string of the molecule is CC(C)CC(CCc1nccn1C)CNC1CC1. The van der Waals surface area contributed by atoms with Crippen LogP contribution >= 0.6 is 0 Å². The summed E-state index contributed by atoms with van der Waals surface area (Å²) in [7, 11) is 2.09. The Morgan fingerprint density at radius 2 is 2.22 bits per heavy atom. The maximum absolute atomic E-state index is 4.42. The van der Waals surface area contributed by atoms with Crippen LogP contribution in [0.15, 0.2) is 12.4 Å². The van der Waals surface area contributed by atoms with E-state index in [4.69, 9.17) is 0 Å². The highest BCUT2D eigenvalue weighted by atomic mass is 15.0. The average molecular weight is 249 g/mol. The molecule has 1 aliphatic carbocycles. The van der Waals surface area contributed by atoms with Gasteiger partial charge in [0.2, 0.25) is 0 Å². The minimum atomic E-state index is 0.789. The zero-order chi connectivity index (χ0) is 13.0. The molecule has 1 N–H and O–H groups in total. The Kier molecular flexibility index (Phi) is 4.81. The minimum Gasteiger partial charge on any atom is -0.338 e. The van der Waals surface area contributed by atoms with Gasteiger partial charge in [0.25, 0.3) is 0 Å². The van der Waals surface area contributed by atoms with Crippen molar-refractivity contribution in [3.8, 4) is 0 Å². The van der Waals surface area contributed by atoms with Gasteiger partial charge in [0.05, 0.1) is 0 Å². The molecule has 1 aromatic rings. The minimum absolute atomic E-state index is 0.789. The summed E-state index contributed by atoms with van der Waals surface area (Å²) in [5.41, 5.74) is 0. The molecule has 1 atom stereocenters. The van der Waals surface area contributed by atoms with Gasteiger partial charge in [-0.15, -0.1) is 0 Å². The van der Waals surface area contributed by atoms with E-state index in [1.54, 1.807) is 0 Å². The third-order valence-electron chi connectivity index (χ3n) is 3.77. The van der Waals surface area contributed by atoms with E-state index in [-0.39, 0.29) is 0 Å². The lowest BCUT2D eigenvalue weighted by Crippen LogP contribution is -2.26. The molecule has 102 valence electrons. The fourth-order valence-corrected chi connectivity index (χ4v) is 2.56. The number of imidazole rings is 1. The molecule has 1 aromatic heterocycles. The summed E-state index contributed by atoms with van der Waals surface area (Å²) in [6, 6.07) is 0.827. The topological polar surface area (TPSA) is 29.9 Å². The highest BCUT2D eigenvalue weighted by Gasteiger charge is 2.22. The second-order valence-electron chi connectivity index (χ2n) is 6.17.